The van der Waals surface area contributed by atoms with Crippen molar-refractivity contribution >= 4 is 11.8 Å². The topological polar surface area (TPSA) is 84.2 Å². The van der Waals surface area contributed by atoms with Gasteiger partial charge in [0.2, 0.25) is 11.8 Å². The highest BCUT2D eigenvalue weighted by Gasteiger charge is 2.18. The van der Waals surface area contributed by atoms with Gasteiger partial charge in [0.1, 0.15) is 0 Å². The molecule has 0 fully saturated rings. The Kier molecular flexibility index (Phi) is 6.03. The first-order valence-corrected chi connectivity index (χ1v) is 5.56. The molecule has 5 nitrogen and oxygen atoms in total. The van der Waals surface area contributed by atoms with E-state index in [1.807, 2.05) is 20.8 Å². The van der Waals surface area contributed by atoms with Gasteiger partial charge in [0.15, 0.2) is 0 Å². The van der Waals surface area contributed by atoms with E-state index in [-0.39, 0.29) is 23.4 Å². The van der Waals surface area contributed by atoms with Gasteiger partial charge in [-0.25, -0.2) is 0 Å². The monoisotopic (exact) mass is 229 g/mol. The van der Waals surface area contributed by atoms with E-state index < -0.39 is 0 Å². The lowest BCUT2D eigenvalue weighted by Gasteiger charge is -2.23. The summed E-state index contributed by atoms with van der Waals surface area (Å²) < 4.78 is 0. The summed E-state index contributed by atoms with van der Waals surface area (Å²) in [6, 6.07) is -0.257. The second kappa shape index (κ2) is 6.48. The summed E-state index contributed by atoms with van der Waals surface area (Å²) in [5.41, 5.74) is 4.78. The van der Waals surface area contributed by atoms with Gasteiger partial charge < -0.3 is 16.4 Å². The van der Waals surface area contributed by atoms with E-state index in [0.29, 0.717) is 19.4 Å². The van der Waals surface area contributed by atoms with E-state index in [0.717, 1.165) is 0 Å². The molecule has 0 rings (SSSR count). The summed E-state index contributed by atoms with van der Waals surface area (Å²) in [5, 5.41) is 5.92. The Hall–Kier alpha value is -1.10. The molecule has 0 aliphatic heterocycles. The molecule has 0 spiro atoms. The van der Waals surface area contributed by atoms with E-state index in [4.69, 9.17) is 5.73 Å². The van der Waals surface area contributed by atoms with Crippen LogP contribution in [0.3, 0.4) is 0 Å². The molecule has 0 aromatic heterocycles. The highest BCUT2D eigenvalue weighted by Crippen LogP contribution is 1.99. The van der Waals surface area contributed by atoms with Crippen LogP contribution in [0.2, 0.25) is 0 Å². The van der Waals surface area contributed by atoms with Crippen LogP contribution in [0.1, 0.15) is 40.5 Å². The Labute approximate surface area is 97.2 Å². The minimum Gasteiger partial charge on any atom is -0.370 e. The predicted octanol–water partition coefficient (Wildman–Crippen LogP) is 0.145. The molecule has 1 unspecified atom stereocenters. The molecule has 2 amide bonds. The number of hydrogen-bond acceptors (Lipinski definition) is 3. The van der Waals surface area contributed by atoms with Crippen molar-refractivity contribution in [2.45, 2.75) is 52.1 Å². The minimum atomic E-state index is -0.311. The number of hydrogen-bond donors (Lipinski definition) is 3. The Morgan fingerprint density at radius 3 is 2.31 bits per heavy atom. The molecule has 94 valence electrons. The van der Waals surface area contributed by atoms with Gasteiger partial charge >= 0.3 is 0 Å². The lowest BCUT2D eigenvalue weighted by atomic mass is 10.1. The SMILES string of the molecule is CC(NCCCC(N)=O)C(=O)NC(C)(C)C. The minimum absolute atomic E-state index is 0.0356. The van der Waals surface area contributed by atoms with Crippen molar-refractivity contribution in [3.05, 3.63) is 0 Å². The molecule has 5 heteroatoms. The van der Waals surface area contributed by atoms with Crippen molar-refractivity contribution in [3.63, 3.8) is 0 Å². The number of rotatable bonds is 6. The second-order valence-electron chi connectivity index (χ2n) is 4.98. The highest BCUT2D eigenvalue weighted by atomic mass is 16.2. The van der Waals surface area contributed by atoms with Crippen molar-refractivity contribution in [3.8, 4) is 0 Å². The molecule has 0 saturated heterocycles. The maximum atomic E-state index is 11.6. The van der Waals surface area contributed by atoms with E-state index in [2.05, 4.69) is 10.6 Å². The third kappa shape index (κ3) is 8.23. The lowest BCUT2D eigenvalue weighted by molar-refractivity contribution is -0.124. The molecule has 0 radical (unpaired) electrons. The number of primary amides is 1. The van der Waals surface area contributed by atoms with Crippen LogP contribution < -0.4 is 16.4 Å². The average molecular weight is 229 g/mol. The Morgan fingerprint density at radius 2 is 1.88 bits per heavy atom. The summed E-state index contributed by atoms with van der Waals surface area (Å²) in [4.78, 5) is 22.1. The zero-order chi connectivity index (χ0) is 12.8. The molecule has 4 N–H and O–H groups in total. The molecule has 16 heavy (non-hydrogen) atoms. The quantitative estimate of drug-likeness (QED) is 0.567. The van der Waals surface area contributed by atoms with Crippen LogP contribution in [0.25, 0.3) is 0 Å². The molecule has 0 aromatic carbocycles. The fraction of sp³-hybridized carbons (Fsp3) is 0.818. The largest absolute Gasteiger partial charge is 0.370 e. The fourth-order valence-electron chi connectivity index (χ4n) is 1.15. The standard InChI is InChI=1S/C11H23N3O2/c1-8(10(16)14-11(2,3)4)13-7-5-6-9(12)15/h8,13H,5-7H2,1-4H3,(H2,12,15)(H,14,16). The van der Waals surface area contributed by atoms with Crippen molar-refractivity contribution < 1.29 is 9.59 Å². The number of carbonyl (C=O) groups excluding carboxylic acids is 2. The fourth-order valence-corrected chi connectivity index (χ4v) is 1.15. The third-order valence-electron chi connectivity index (χ3n) is 1.94. The van der Waals surface area contributed by atoms with Crippen molar-refractivity contribution in [1.29, 1.82) is 0 Å². The van der Waals surface area contributed by atoms with Crippen LogP contribution in [0.5, 0.6) is 0 Å². The molecule has 1 atom stereocenters. The van der Waals surface area contributed by atoms with Gasteiger partial charge in [0, 0.05) is 12.0 Å². The third-order valence-corrected chi connectivity index (χ3v) is 1.94. The predicted molar refractivity (Wildman–Crippen MR) is 63.8 cm³/mol. The Balaban J connectivity index is 3.76. The van der Waals surface area contributed by atoms with Gasteiger partial charge in [-0.2, -0.15) is 0 Å². The van der Waals surface area contributed by atoms with E-state index in [1.54, 1.807) is 6.92 Å². The van der Waals surface area contributed by atoms with Gasteiger partial charge in [-0.3, -0.25) is 9.59 Å². The van der Waals surface area contributed by atoms with Crippen LogP contribution in [-0.2, 0) is 9.59 Å². The van der Waals surface area contributed by atoms with Crippen molar-refractivity contribution in [2.75, 3.05) is 6.54 Å². The lowest BCUT2D eigenvalue weighted by Crippen LogP contribution is -2.49. The Bertz CT molecular complexity index is 246. The van der Waals surface area contributed by atoms with Crippen LogP contribution in [0, 0.1) is 0 Å². The first-order chi connectivity index (χ1) is 7.22. The van der Waals surface area contributed by atoms with Crippen LogP contribution in [-0.4, -0.2) is 29.9 Å². The summed E-state index contributed by atoms with van der Waals surface area (Å²) in [7, 11) is 0. The normalized spacial score (nSPS) is 13.2. The summed E-state index contributed by atoms with van der Waals surface area (Å²) in [5.74, 6) is -0.347. The van der Waals surface area contributed by atoms with Crippen molar-refractivity contribution in [2.24, 2.45) is 5.73 Å². The van der Waals surface area contributed by atoms with E-state index in [9.17, 15) is 9.59 Å². The van der Waals surface area contributed by atoms with Gasteiger partial charge in [0.05, 0.1) is 6.04 Å². The van der Waals surface area contributed by atoms with Crippen LogP contribution in [0.15, 0.2) is 0 Å². The molecule has 0 saturated carbocycles. The maximum absolute atomic E-state index is 11.6. The summed E-state index contributed by atoms with van der Waals surface area (Å²) in [6.07, 6.45) is 1.00. The van der Waals surface area contributed by atoms with Gasteiger partial charge in [-0.15, -0.1) is 0 Å². The van der Waals surface area contributed by atoms with Crippen molar-refractivity contribution in [1.82, 2.24) is 10.6 Å². The number of nitrogens with one attached hydrogen (secondary N) is 2. The van der Waals surface area contributed by atoms with Gasteiger partial charge in [0.25, 0.3) is 0 Å². The zero-order valence-corrected chi connectivity index (χ0v) is 10.6. The number of nitrogens with two attached hydrogens (primary N) is 1. The molecule has 0 aromatic rings. The first kappa shape index (κ1) is 14.9. The molecular formula is C11H23N3O2. The van der Waals surface area contributed by atoms with E-state index in [1.165, 1.54) is 0 Å². The molecular weight excluding hydrogens is 206 g/mol. The van der Waals surface area contributed by atoms with Crippen LogP contribution >= 0.6 is 0 Å². The molecule has 0 aliphatic rings. The second-order valence-corrected chi connectivity index (χ2v) is 4.98. The number of carbonyl (C=O) groups is 2. The van der Waals surface area contributed by atoms with E-state index >= 15 is 0 Å². The van der Waals surface area contributed by atoms with Crippen LogP contribution in [0.4, 0.5) is 0 Å². The summed E-state index contributed by atoms with van der Waals surface area (Å²) >= 11 is 0. The molecule has 0 heterocycles. The van der Waals surface area contributed by atoms with Gasteiger partial charge in [-0.05, 0) is 40.7 Å². The first-order valence-electron chi connectivity index (χ1n) is 5.56. The molecule has 0 aliphatic carbocycles. The van der Waals surface area contributed by atoms with Gasteiger partial charge in [-0.1, -0.05) is 0 Å². The maximum Gasteiger partial charge on any atom is 0.237 e. The molecule has 0 bridgehead atoms. The smallest absolute Gasteiger partial charge is 0.237 e. The average Bonchev–Trinajstić information content (AvgIpc) is 2.08. The highest BCUT2D eigenvalue weighted by molar-refractivity contribution is 5.81. The summed E-state index contributed by atoms with van der Waals surface area (Å²) in [6.45, 7) is 8.22. The Morgan fingerprint density at radius 1 is 1.31 bits per heavy atom. The zero-order valence-electron chi connectivity index (χ0n) is 10.6. The number of amides is 2.